The Morgan fingerprint density at radius 2 is 1.82 bits per heavy atom. The molecule has 0 saturated carbocycles. The number of aldehydes is 1. The molecule has 0 heterocycles. The fourth-order valence-electron chi connectivity index (χ4n) is 1.51. The second-order valence-corrected chi connectivity index (χ2v) is 4.32. The van der Waals surface area contributed by atoms with Crippen molar-refractivity contribution in [3.8, 4) is 11.1 Å². The van der Waals surface area contributed by atoms with Crippen LogP contribution in [0.3, 0.4) is 0 Å². The molecule has 0 bridgehead atoms. The van der Waals surface area contributed by atoms with Crippen molar-refractivity contribution in [2.24, 2.45) is 0 Å². The maximum Gasteiger partial charge on any atom is 0.152 e. The van der Waals surface area contributed by atoms with Crippen molar-refractivity contribution in [3.63, 3.8) is 0 Å². The van der Waals surface area contributed by atoms with Crippen molar-refractivity contribution < 1.29 is 9.18 Å². The van der Waals surface area contributed by atoms with E-state index in [0.29, 0.717) is 27.5 Å². The van der Waals surface area contributed by atoms with Crippen molar-refractivity contribution >= 4 is 29.5 Å². The minimum absolute atomic E-state index is 0.0267. The second kappa shape index (κ2) is 4.86. The molecule has 0 aliphatic carbocycles. The van der Waals surface area contributed by atoms with Crippen LogP contribution in [-0.4, -0.2) is 6.29 Å². The summed E-state index contributed by atoms with van der Waals surface area (Å²) in [6, 6.07) is 9.31. The number of benzene rings is 2. The third kappa shape index (κ3) is 2.48. The van der Waals surface area contributed by atoms with Gasteiger partial charge in [-0.15, -0.1) is 0 Å². The summed E-state index contributed by atoms with van der Waals surface area (Å²) in [6.45, 7) is 0. The number of halogens is 3. The van der Waals surface area contributed by atoms with E-state index >= 15 is 0 Å². The maximum atomic E-state index is 13.4. The van der Waals surface area contributed by atoms with E-state index in [0.717, 1.165) is 0 Å². The van der Waals surface area contributed by atoms with Gasteiger partial charge in [-0.2, -0.15) is 0 Å². The molecule has 2 aromatic carbocycles. The number of carbonyl (C=O) groups is 1. The summed E-state index contributed by atoms with van der Waals surface area (Å²) in [5.41, 5.74) is 1.31. The smallest absolute Gasteiger partial charge is 0.152 e. The molecular formula is C13H7Cl2FO. The first kappa shape index (κ1) is 12.1. The Morgan fingerprint density at radius 1 is 1.06 bits per heavy atom. The average molecular weight is 269 g/mol. The molecule has 2 aromatic rings. The lowest BCUT2D eigenvalue weighted by Crippen LogP contribution is -1.89. The van der Waals surface area contributed by atoms with Gasteiger partial charge in [-0.3, -0.25) is 4.79 Å². The average Bonchev–Trinajstić information content (AvgIpc) is 2.29. The maximum absolute atomic E-state index is 13.4. The standard InChI is InChI=1S/C13H7Cl2FO/c14-10-3-4-11(12(15)6-10)8-1-2-9(7-17)13(16)5-8/h1-7H. The number of hydrogen-bond donors (Lipinski definition) is 0. The molecule has 2 rings (SSSR count). The van der Waals surface area contributed by atoms with Gasteiger partial charge in [0.1, 0.15) is 5.82 Å². The van der Waals surface area contributed by atoms with Crippen molar-refractivity contribution in [2.75, 3.05) is 0 Å². The quantitative estimate of drug-likeness (QED) is 0.727. The SMILES string of the molecule is O=Cc1ccc(-c2ccc(Cl)cc2Cl)cc1F. The molecule has 17 heavy (non-hydrogen) atoms. The van der Waals surface area contributed by atoms with E-state index in [9.17, 15) is 9.18 Å². The highest BCUT2D eigenvalue weighted by Gasteiger charge is 2.07. The van der Waals surface area contributed by atoms with Crippen LogP contribution in [0.5, 0.6) is 0 Å². The summed E-state index contributed by atoms with van der Waals surface area (Å²) in [7, 11) is 0. The summed E-state index contributed by atoms with van der Waals surface area (Å²) in [5.74, 6) is -0.566. The first-order valence-electron chi connectivity index (χ1n) is 4.82. The normalized spacial score (nSPS) is 10.3. The Bertz CT molecular complexity index is 582. The molecule has 86 valence electrons. The highest BCUT2D eigenvalue weighted by Crippen LogP contribution is 2.30. The van der Waals surface area contributed by atoms with E-state index in [1.807, 2.05) is 0 Å². The largest absolute Gasteiger partial charge is 0.298 e. The Morgan fingerprint density at radius 3 is 2.41 bits per heavy atom. The molecule has 0 fully saturated rings. The van der Waals surface area contributed by atoms with Crippen LogP contribution >= 0.6 is 23.2 Å². The first-order chi connectivity index (χ1) is 8.11. The van der Waals surface area contributed by atoms with E-state index in [1.165, 1.54) is 12.1 Å². The molecule has 0 aliphatic rings. The predicted octanol–water partition coefficient (Wildman–Crippen LogP) is 4.61. The van der Waals surface area contributed by atoms with E-state index in [2.05, 4.69) is 0 Å². The first-order valence-corrected chi connectivity index (χ1v) is 5.57. The number of rotatable bonds is 2. The van der Waals surface area contributed by atoms with Crippen LogP contribution in [0.25, 0.3) is 11.1 Å². The van der Waals surface area contributed by atoms with Crippen LogP contribution in [0, 0.1) is 5.82 Å². The van der Waals surface area contributed by atoms with Gasteiger partial charge in [0.15, 0.2) is 6.29 Å². The molecule has 0 saturated heterocycles. The summed E-state index contributed by atoms with van der Waals surface area (Å²) in [6.07, 6.45) is 0.475. The van der Waals surface area contributed by atoms with E-state index in [4.69, 9.17) is 23.2 Å². The molecule has 4 heteroatoms. The zero-order chi connectivity index (χ0) is 12.4. The zero-order valence-electron chi connectivity index (χ0n) is 8.58. The van der Waals surface area contributed by atoms with Crippen LogP contribution in [0.15, 0.2) is 36.4 Å². The summed E-state index contributed by atoms with van der Waals surface area (Å²) in [4.78, 5) is 10.5. The summed E-state index contributed by atoms with van der Waals surface area (Å²) < 4.78 is 13.4. The number of carbonyl (C=O) groups excluding carboxylic acids is 1. The lowest BCUT2D eigenvalue weighted by Gasteiger charge is -2.06. The van der Waals surface area contributed by atoms with Crippen LogP contribution in [0.2, 0.25) is 10.0 Å². The molecular weight excluding hydrogens is 262 g/mol. The van der Waals surface area contributed by atoms with Crippen LogP contribution in [0.1, 0.15) is 10.4 Å². The third-order valence-corrected chi connectivity index (χ3v) is 2.92. The Hall–Kier alpha value is -1.38. The van der Waals surface area contributed by atoms with E-state index in [-0.39, 0.29) is 5.56 Å². The lowest BCUT2D eigenvalue weighted by atomic mass is 10.0. The topological polar surface area (TPSA) is 17.1 Å². The molecule has 0 radical (unpaired) electrons. The van der Waals surface area contributed by atoms with Crippen LogP contribution < -0.4 is 0 Å². The molecule has 0 N–H and O–H groups in total. The van der Waals surface area contributed by atoms with E-state index < -0.39 is 5.82 Å². The minimum atomic E-state index is -0.566. The minimum Gasteiger partial charge on any atom is -0.298 e. The van der Waals surface area contributed by atoms with Crippen LogP contribution in [-0.2, 0) is 0 Å². The van der Waals surface area contributed by atoms with Crippen molar-refractivity contribution in [3.05, 3.63) is 57.8 Å². The van der Waals surface area contributed by atoms with Gasteiger partial charge in [0.05, 0.1) is 5.56 Å². The van der Waals surface area contributed by atoms with Gasteiger partial charge in [-0.1, -0.05) is 35.3 Å². The van der Waals surface area contributed by atoms with Gasteiger partial charge >= 0.3 is 0 Å². The van der Waals surface area contributed by atoms with Crippen molar-refractivity contribution in [1.29, 1.82) is 0 Å². The molecule has 0 aliphatic heterocycles. The highest BCUT2D eigenvalue weighted by molar-refractivity contribution is 6.36. The fraction of sp³-hybridized carbons (Fsp3) is 0. The van der Waals surface area contributed by atoms with E-state index in [1.54, 1.807) is 24.3 Å². The fourth-order valence-corrected chi connectivity index (χ4v) is 2.03. The monoisotopic (exact) mass is 268 g/mol. The van der Waals surface area contributed by atoms with Gasteiger partial charge in [0.25, 0.3) is 0 Å². The molecule has 0 amide bonds. The van der Waals surface area contributed by atoms with Gasteiger partial charge in [0.2, 0.25) is 0 Å². The molecule has 0 spiro atoms. The van der Waals surface area contributed by atoms with Crippen molar-refractivity contribution in [2.45, 2.75) is 0 Å². The molecule has 1 nitrogen and oxygen atoms in total. The Labute approximate surface area is 108 Å². The molecule has 0 aromatic heterocycles. The zero-order valence-corrected chi connectivity index (χ0v) is 10.1. The van der Waals surface area contributed by atoms with Gasteiger partial charge in [-0.25, -0.2) is 4.39 Å². The molecule has 0 unspecified atom stereocenters. The van der Waals surface area contributed by atoms with Crippen LogP contribution in [0.4, 0.5) is 4.39 Å². The van der Waals surface area contributed by atoms with Gasteiger partial charge < -0.3 is 0 Å². The van der Waals surface area contributed by atoms with Gasteiger partial charge in [-0.05, 0) is 29.8 Å². The Balaban J connectivity index is 2.53. The molecule has 0 atom stereocenters. The predicted molar refractivity (Wildman–Crippen MR) is 67.2 cm³/mol. The van der Waals surface area contributed by atoms with Crippen molar-refractivity contribution in [1.82, 2.24) is 0 Å². The second-order valence-electron chi connectivity index (χ2n) is 3.48. The third-order valence-electron chi connectivity index (χ3n) is 2.37. The number of hydrogen-bond acceptors (Lipinski definition) is 1. The lowest BCUT2D eigenvalue weighted by molar-refractivity contribution is 0.112. The Kier molecular flexibility index (Phi) is 3.46. The highest BCUT2D eigenvalue weighted by atomic mass is 35.5. The van der Waals surface area contributed by atoms with Gasteiger partial charge in [0, 0.05) is 15.6 Å². The summed E-state index contributed by atoms with van der Waals surface area (Å²) in [5, 5.41) is 0.958. The summed E-state index contributed by atoms with van der Waals surface area (Å²) >= 11 is 11.8.